The summed E-state index contributed by atoms with van der Waals surface area (Å²) in [5.74, 6) is 0.860. The molecular weight excluding hydrogens is 188 g/mol. The Hall–Kier alpha value is -1.77. The lowest BCUT2D eigenvalue weighted by Gasteiger charge is -2.15. The van der Waals surface area contributed by atoms with Crippen LogP contribution in [0.2, 0.25) is 0 Å². The van der Waals surface area contributed by atoms with Gasteiger partial charge in [-0.2, -0.15) is 0 Å². The van der Waals surface area contributed by atoms with Crippen LogP contribution < -0.4 is 9.64 Å². The summed E-state index contributed by atoms with van der Waals surface area (Å²) in [4.78, 5) is 6.39. The van der Waals surface area contributed by atoms with Crippen LogP contribution >= 0.6 is 0 Å². The predicted octanol–water partition coefficient (Wildman–Crippen LogP) is 2.31. The molecule has 3 heteroatoms. The molecule has 1 aromatic heterocycles. The van der Waals surface area contributed by atoms with Crippen LogP contribution in [0.3, 0.4) is 0 Å². The van der Waals surface area contributed by atoms with Crippen molar-refractivity contribution in [2.45, 2.75) is 0 Å². The van der Waals surface area contributed by atoms with Gasteiger partial charge in [-0.3, -0.25) is 4.98 Å². The number of ether oxygens (including phenoxy) is 1. The summed E-state index contributed by atoms with van der Waals surface area (Å²) in [5.41, 5.74) is 2.14. The van der Waals surface area contributed by atoms with Crippen molar-refractivity contribution in [1.82, 2.24) is 4.98 Å². The average molecular weight is 202 g/mol. The van der Waals surface area contributed by atoms with E-state index in [1.165, 1.54) is 0 Å². The molecule has 0 aliphatic heterocycles. The number of pyridine rings is 1. The van der Waals surface area contributed by atoms with Crippen LogP contribution in [0.25, 0.3) is 10.9 Å². The van der Waals surface area contributed by atoms with Gasteiger partial charge in [-0.25, -0.2) is 0 Å². The van der Waals surface area contributed by atoms with Gasteiger partial charge in [0.2, 0.25) is 0 Å². The normalized spacial score (nSPS) is 10.3. The van der Waals surface area contributed by atoms with E-state index in [9.17, 15) is 0 Å². The summed E-state index contributed by atoms with van der Waals surface area (Å²) in [6.07, 6.45) is 1.82. The molecule has 0 N–H and O–H groups in total. The molecule has 2 rings (SSSR count). The topological polar surface area (TPSA) is 25.4 Å². The molecular formula is C12H14N2O. The molecule has 0 aliphatic rings. The molecule has 0 fully saturated rings. The maximum atomic E-state index is 5.21. The molecule has 0 spiro atoms. The molecule has 0 saturated heterocycles. The van der Waals surface area contributed by atoms with Gasteiger partial charge in [0.15, 0.2) is 0 Å². The first-order chi connectivity index (χ1) is 7.22. The lowest BCUT2D eigenvalue weighted by molar-refractivity contribution is 0.415. The number of rotatable bonds is 2. The first-order valence-electron chi connectivity index (χ1n) is 4.82. The zero-order valence-corrected chi connectivity index (χ0v) is 9.19. The van der Waals surface area contributed by atoms with Crippen LogP contribution in [-0.4, -0.2) is 26.2 Å². The third-order valence-corrected chi connectivity index (χ3v) is 2.41. The van der Waals surface area contributed by atoms with E-state index < -0.39 is 0 Å². The van der Waals surface area contributed by atoms with Gasteiger partial charge in [-0.15, -0.1) is 0 Å². The Morgan fingerprint density at radius 1 is 1.20 bits per heavy atom. The van der Waals surface area contributed by atoms with E-state index in [1.54, 1.807) is 7.11 Å². The highest BCUT2D eigenvalue weighted by atomic mass is 16.5. The molecule has 1 heterocycles. The van der Waals surface area contributed by atoms with E-state index in [1.807, 2.05) is 44.6 Å². The first kappa shape index (κ1) is 9.77. The molecule has 15 heavy (non-hydrogen) atoms. The highest BCUT2D eigenvalue weighted by Crippen LogP contribution is 2.27. The predicted molar refractivity (Wildman–Crippen MR) is 62.6 cm³/mol. The minimum absolute atomic E-state index is 0.860. The van der Waals surface area contributed by atoms with Crippen LogP contribution in [0, 0.1) is 0 Å². The molecule has 0 amide bonds. The third-order valence-electron chi connectivity index (χ3n) is 2.41. The zero-order valence-electron chi connectivity index (χ0n) is 9.19. The molecule has 0 atom stereocenters. The highest BCUT2D eigenvalue weighted by molar-refractivity contribution is 5.92. The SMILES string of the molecule is COc1ccc2nccc(N(C)C)c2c1. The number of aromatic nitrogens is 1. The lowest BCUT2D eigenvalue weighted by atomic mass is 10.1. The van der Waals surface area contributed by atoms with E-state index in [0.29, 0.717) is 0 Å². The van der Waals surface area contributed by atoms with Gasteiger partial charge in [-0.05, 0) is 24.3 Å². The summed E-state index contributed by atoms with van der Waals surface area (Å²) in [5, 5.41) is 1.11. The second-order valence-electron chi connectivity index (χ2n) is 3.61. The van der Waals surface area contributed by atoms with Crippen molar-refractivity contribution in [2.24, 2.45) is 0 Å². The van der Waals surface area contributed by atoms with Crippen LogP contribution in [0.15, 0.2) is 30.5 Å². The largest absolute Gasteiger partial charge is 0.497 e. The van der Waals surface area contributed by atoms with Gasteiger partial charge in [-0.1, -0.05) is 0 Å². The van der Waals surface area contributed by atoms with E-state index in [4.69, 9.17) is 4.74 Å². The summed E-state index contributed by atoms with van der Waals surface area (Å²) in [7, 11) is 5.72. The number of hydrogen-bond acceptors (Lipinski definition) is 3. The van der Waals surface area contributed by atoms with Crippen LogP contribution in [0.4, 0.5) is 5.69 Å². The standard InChI is InChI=1S/C12H14N2O/c1-14(2)12-6-7-13-11-5-4-9(15-3)8-10(11)12/h4-8H,1-3H3. The number of hydrogen-bond donors (Lipinski definition) is 0. The first-order valence-corrected chi connectivity index (χ1v) is 4.82. The second-order valence-corrected chi connectivity index (χ2v) is 3.61. The highest BCUT2D eigenvalue weighted by Gasteiger charge is 2.04. The number of fused-ring (bicyclic) bond motifs is 1. The number of methoxy groups -OCH3 is 1. The number of nitrogens with zero attached hydrogens (tertiary/aromatic N) is 2. The van der Waals surface area contributed by atoms with E-state index in [0.717, 1.165) is 22.3 Å². The van der Waals surface area contributed by atoms with Gasteiger partial charge in [0, 0.05) is 31.4 Å². The second kappa shape index (κ2) is 3.77. The smallest absolute Gasteiger partial charge is 0.119 e. The van der Waals surface area contributed by atoms with Crippen LogP contribution in [0.5, 0.6) is 5.75 Å². The maximum Gasteiger partial charge on any atom is 0.119 e. The minimum Gasteiger partial charge on any atom is -0.497 e. The fourth-order valence-electron chi connectivity index (χ4n) is 1.63. The monoisotopic (exact) mass is 202 g/mol. The van der Waals surface area contributed by atoms with Gasteiger partial charge in [0.25, 0.3) is 0 Å². The van der Waals surface area contributed by atoms with Crippen molar-refractivity contribution in [3.05, 3.63) is 30.5 Å². The van der Waals surface area contributed by atoms with Crippen LogP contribution in [0.1, 0.15) is 0 Å². The summed E-state index contributed by atoms with van der Waals surface area (Å²) >= 11 is 0. The number of anilines is 1. The summed E-state index contributed by atoms with van der Waals surface area (Å²) < 4.78 is 5.21. The molecule has 0 saturated carbocycles. The Bertz CT molecular complexity index is 480. The molecule has 0 unspecified atom stereocenters. The third kappa shape index (κ3) is 1.73. The van der Waals surface area contributed by atoms with Gasteiger partial charge in [0.05, 0.1) is 12.6 Å². The van der Waals surface area contributed by atoms with Crippen molar-refractivity contribution >= 4 is 16.6 Å². The van der Waals surface area contributed by atoms with Crippen molar-refractivity contribution in [3.63, 3.8) is 0 Å². The van der Waals surface area contributed by atoms with Crippen molar-refractivity contribution in [2.75, 3.05) is 26.1 Å². The molecule has 2 aromatic rings. The van der Waals surface area contributed by atoms with E-state index in [2.05, 4.69) is 9.88 Å². The molecule has 0 radical (unpaired) electrons. The quantitative estimate of drug-likeness (QED) is 0.747. The van der Waals surface area contributed by atoms with Gasteiger partial charge < -0.3 is 9.64 Å². The Labute approximate surface area is 89.3 Å². The molecule has 1 aromatic carbocycles. The Balaban J connectivity index is 2.70. The molecule has 0 bridgehead atoms. The van der Waals surface area contributed by atoms with Gasteiger partial charge in [0.1, 0.15) is 5.75 Å². The summed E-state index contributed by atoms with van der Waals surface area (Å²) in [6.45, 7) is 0. The fourth-order valence-corrected chi connectivity index (χ4v) is 1.63. The van der Waals surface area contributed by atoms with Crippen molar-refractivity contribution in [3.8, 4) is 5.75 Å². The van der Waals surface area contributed by atoms with E-state index >= 15 is 0 Å². The molecule has 78 valence electrons. The zero-order chi connectivity index (χ0) is 10.8. The minimum atomic E-state index is 0.860. The lowest BCUT2D eigenvalue weighted by Crippen LogP contribution is -2.09. The van der Waals surface area contributed by atoms with Crippen molar-refractivity contribution < 1.29 is 4.74 Å². The number of benzene rings is 1. The maximum absolute atomic E-state index is 5.21. The Kier molecular flexibility index (Phi) is 2.46. The Morgan fingerprint density at radius 2 is 2.00 bits per heavy atom. The Morgan fingerprint density at radius 3 is 2.67 bits per heavy atom. The van der Waals surface area contributed by atoms with E-state index in [-0.39, 0.29) is 0 Å². The average Bonchev–Trinajstić information content (AvgIpc) is 2.27. The summed E-state index contributed by atoms with van der Waals surface area (Å²) in [6, 6.07) is 7.91. The molecule has 3 nitrogen and oxygen atoms in total. The molecule has 0 aliphatic carbocycles. The van der Waals surface area contributed by atoms with Crippen LogP contribution in [-0.2, 0) is 0 Å². The van der Waals surface area contributed by atoms with Crippen molar-refractivity contribution in [1.29, 1.82) is 0 Å². The van der Waals surface area contributed by atoms with Gasteiger partial charge >= 0.3 is 0 Å². The fraction of sp³-hybridized carbons (Fsp3) is 0.250.